The largest absolute Gasteiger partial charge is 0.494 e. The highest BCUT2D eigenvalue weighted by atomic mass is 79.9. The van der Waals surface area contributed by atoms with Gasteiger partial charge in [-0.3, -0.25) is 0 Å². The summed E-state index contributed by atoms with van der Waals surface area (Å²) in [7, 11) is 1.43. The molecule has 0 spiro atoms. The monoisotopic (exact) mass is 316 g/mol. The van der Waals surface area contributed by atoms with Crippen molar-refractivity contribution in [3.05, 3.63) is 33.8 Å². The Morgan fingerprint density at radius 3 is 2.94 bits per heavy atom. The van der Waals surface area contributed by atoms with Crippen LogP contribution in [0.25, 0.3) is 11.0 Å². The highest BCUT2D eigenvalue weighted by Gasteiger charge is 2.10. The van der Waals surface area contributed by atoms with E-state index in [1.807, 2.05) is 4.57 Å². The van der Waals surface area contributed by atoms with Crippen LogP contribution < -0.4 is 4.74 Å². The van der Waals surface area contributed by atoms with E-state index in [9.17, 15) is 4.39 Å². The zero-order chi connectivity index (χ0) is 12.6. The molecule has 0 aliphatic carbocycles. The number of ether oxygens (including phenoxy) is 1. The van der Waals surface area contributed by atoms with Gasteiger partial charge >= 0.3 is 0 Å². The molecule has 6 heteroatoms. The maximum absolute atomic E-state index is 13.5. The molecule has 0 bridgehead atoms. The summed E-state index contributed by atoms with van der Waals surface area (Å²) in [6.45, 7) is 4.29. The SMILES string of the molecule is C=C(Br)Cn1c(=S)[nH]c2cc(F)c(OC)cc21. The first-order chi connectivity index (χ1) is 8.02. The van der Waals surface area contributed by atoms with Gasteiger partial charge in [0.25, 0.3) is 0 Å². The van der Waals surface area contributed by atoms with Crippen LogP contribution >= 0.6 is 28.1 Å². The predicted molar refractivity (Wildman–Crippen MR) is 71.7 cm³/mol. The number of rotatable bonds is 3. The Bertz CT molecular complexity index is 647. The molecule has 0 atom stereocenters. The molecule has 0 unspecified atom stereocenters. The normalized spacial score (nSPS) is 10.8. The van der Waals surface area contributed by atoms with Crippen molar-refractivity contribution >= 4 is 39.2 Å². The van der Waals surface area contributed by atoms with E-state index >= 15 is 0 Å². The number of H-pyrrole nitrogens is 1. The molecule has 0 fully saturated rings. The zero-order valence-corrected chi connectivity index (χ0v) is 11.5. The van der Waals surface area contributed by atoms with Crippen LogP contribution in [-0.4, -0.2) is 16.7 Å². The van der Waals surface area contributed by atoms with E-state index in [0.717, 1.165) is 10.00 Å². The average molecular weight is 317 g/mol. The number of allylic oxidation sites excluding steroid dienone is 1. The summed E-state index contributed by atoms with van der Waals surface area (Å²) in [5, 5.41) is 0. The second-order valence-electron chi connectivity index (χ2n) is 3.54. The van der Waals surface area contributed by atoms with Gasteiger partial charge in [0, 0.05) is 16.6 Å². The van der Waals surface area contributed by atoms with E-state index in [2.05, 4.69) is 27.5 Å². The molecule has 1 N–H and O–H groups in total. The number of nitrogens with one attached hydrogen (secondary N) is 1. The standard InChI is InChI=1S/C11H10BrFN2OS/c1-6(12)5-15-9-4-10(16-2)7(13)3-8(9)14-11(15)17/h3-4H,1,5H2,2H3,(H,14,17). The number of hydrogen-bond acceptors (Lipinski definition) is 2. The molecule has 0 saturated carbocycles. The number of imidazole rings is 1. The summed E-state index contributed by atoms with van der Waals surface area (Å²) in [6.07, 6.45) is 0. The van der Waals surface area contributed by atoms with Gasteiger partial charge in [-0.1, -0.05) is 22.5 Å². The number of nitrogens with zero attached hydrogens (tertiary/aromatic N) is 1. The van der Waals surface area contributed by atoms with E-state index in [-0.39, 0.29) is 5.75 Å². The van der Waals surface area contributed by atoms with Crippen LogP contribution in [0, 0.1) is 10.6 Å². The lowest BCUT2D eigenvalue weighted by atomic mass is 10.3. The molecule has 0 saturated heterocycles. The molecule has 1 aromatic carbocycles. The lowest BCUT2D eigenvalue weighted by Crippen LogP contribution is -1.97. The van der Waals surface area contributed by atoms with E-state index in [1.54, 1.807) is 6.07 Å². The van der Waals surface area contributed by atoms with Gasteiger partial charge < -0.3 is 14.3 Å². The minimum absolute atomic E-state index is 0.195. The number of hydrogen-bond donors (Lipinski definition) is 1. The molecular formula is C11H10BrFN2OS. The van der Waals surface area contributed by atoms with Gasteiger partial charge in [-0.05, 0) is 12.2 Å². The van der Waals surface area contributed by atoms with E-state index in [0.29, 0.717) is 16.8 Å². The average Bonchev–Trinajstić information content (AvgIpc) is 2.53. The third kappa shape index (κ3) is 2.28. The van der Waals surface area contributed by atoms with Crippen LogP contribution in [0.1, 0.15) is 0 Å². The van der Waals surface area contributed by atoms with Gasteiger partial charge in [-0.2, -0.15) is 0 Å². The Hall–Kier alpha value is -1.14. The first-order valence-corrected chi connectivity index (χ1v) is 6.02. The Balaban J connectivity index is 2.71. The summed E-state index contributed by atoms with van der Waals surface area (Å²) in [5.41, 5.74) is 1.43. The fraction of sp³-hybridized carbons (Fsp3) is 0.182. The lowest BCUT2D eigenvalue weighted by molar-refractivity contribution is 0.387. The van der Waals surface area contributed by atoms with Crippen molar-refractivity contribution in [1.82, 2.24) is 9.55 Å². The van der Waals surface area contributed by atoms with Gasteiger partial charge in [0.15, 0.2) is 16.3 Å². The van der Waals surface area contributed by atoms with Gasteiger partial charge in [0.05, 0.1) is 24.7 Å². The van der Waals surface area contributed by atoms with E-state index in [4.69, 9.17) is 17.0 Å². The van der Waals surface area contributed by atoms with E-state index in [1.165, 1.54) is 13.2 Å². The van der Waals surface area contributed by atoms with Crippen LogP contribution in [-0.2, 0) is 6.54 Å². The van der Waals surface area contributed by atoms with Gasteiger partial charge in [-0.15, -0.1) is 0 Å². The molecule has 3 nitrogen and oxygen atoms in total. The highest BCUT2D eigenvalue weighted by molar-refractivity contribution is 9.11. The first kappa shape index (κ1) is 12.3. The molecular weight excluding hydrogens is 307 g/mol. The summed E-state index contributed by atoms with van der Waals surface area (Å²) in [4.78, 5) is 2.94. The number of fused-ring (bicyclic) bond motifs is 1. The third-order valence-corrected chi connectivity index (χ3v) is 2.95. The summed E-state index contributed by atoms with van der Waals surface area (Å²) in [6, 6.07) is 2.99. The predicted octanol–water partition coefficient (Wildman–Crippen LogP) is 3.76. The lowest BCUT2D eigenvalue weighted by Gasteiger charge is -2.05. The molecule has 0 radical (unpaired) electrons. The fourth-order valence-electron chi connectivity index (χ4n) is 1.64. The molecule has 90 valence electrons. The van der Waals surface area contributed by atoms with Crippen molar-refractivity contribution in [3.63, 3.8) is 0 Å². The van der Waals surface area contributed by atoms with Crippen molar-refractivity contribution < 1.29 is 9.13 Å². The Kier molecular flexibility index (Phi) is 3.35. The van der Waals surface area contributed by atoms with Gasteiger partial charge in [-0.25, -0.2) is 4.39 Å². The Morgan fingerprint density at radius 1 is 1.65 bits per heavy atom. The molecule has 17 heavy (non-hydrogen) atoms. The van der Waals surface area contributed by atoms with Crippen LogP contribution in [0.15, 0.2) is 23.2 Å². The maximum Gasteiger partial charge on any atom is 0.178 e. The minimum atomic E-state index is -0.416. The summed E-state index contributed by atoms with van der Waals surface area (Å²) in [5.74, 6) is -0.221. The fourth-order valence-corrected chi connectivity index (χ4v) is 2.17. The molecule has 2 rings (SSSR count). The van der Waals surface area contributed by atoms with Gasteiger partial charge in [0.1, 0.15) is 0 Å². The van der Waals surface area contributed by atoms with Crippen LogP contribution in [0.3, 0.4) is 0 Å². The Morgan fingerprint density at radius 2 is 2.35 bits per heavy atom. The highest BCUT2D eigenvalue weighted by Crippen LogP contribution is 2.25. The van der Waals surface area contributed by atoms with Crippen molar-refractivity contribution in [1.29, 1.82) is 0 Å². The topological polar surface area (TPSA) is 29.9 Å². The van der Waals surface area contributed by atoms with Crippen LogP contribution in [0.2, 0.25) is 0 Å². The second kappa shape index (κ2) is 4.62. The molecule has 0 amide bonds. The minimum Gasteiger partial charge on any atom is -0.494 e. The molecule has 1 aromatic heterocycles. The second-order valence-corrected chi connectivity index (χ2v) is 5.05. The third-order valence-electron chi connectivity index (χ3n) is 2.38. The number of halogens is 2. The zero-order valence-electron chi connectivity index (χ0n) is 9.09. The van der Waals surface area contributed by atoms with E-state index < -0.39 is 5.82 Å². The van der Waals surface area contributed by atoms with Gasteiger partial charge in [0.2, 0.25) is 0 Å². The van der Waals surface area contributed by atoms with Crippen molar-refractivity contribution in [2.45, 2.75) is 6.54 Å². The number of benzene rings is 1. The van der Waals surface area contributed by atoms with Crippen molar-refractivity contribution in [2.75, 3.05) is 7.11 Å². The quantitative estimate of drug-likeness (QED) is 0.874. The van der Waals surface area contributed by atoms with Crippen LogP contribution in [0.4, 0.5) is 4.39 Å². The first-order valence-electron chi connectivity index (χ1n) is 4.82. The number of aromatic amines is 1. The summed E-state index contributed by atoms with van der Waals surface area (Å²) >= 11 is 8.46. The van der Waals surface area contributed by atoms with Crippen molar-refractivity contribution in [2.24, 2.45) is 0 Å². The molecule has 0 aliphatic heterocycles. The van der Waals surface area contributed by atoms with Crippen LogP contribution in [0.5, 0.6) is 5.75 Å². The Labute approximate surface area is 111 Å². The molecule has 2 aromatic rings. The summed E-state index contributed by atoms with van der Waals surface area (Å²) < 4.78 is 21.6. The number of methoxy groups -OCH3 is 1. The maximum atomic E-state index is 13.5. The molecule has 0 aliphatic rings. The number of aromatic nitrogens is 2. The van der Waals surface area contributed by atoms with Crippen molar-refractivity contribution in [3.8, 4) is 5.75 Å². The molecule has 1 heterocycles. The smallest absolute Gasteiger partial charge is 0.178 e.